The number of amides is 3. The molecular formula is C25H21Cl2F3N4O3. The van der Waals surface area contributed by atoms with Crippen molar-refractivity contribution in [2.24, 2.45) is 10.9 Å². The summed E-state index contributed by atoms with van der Waals surface area (Å²) in [5, 5.41) is 0.0477. The molecule has 0 radical (unpaired) electrons. The lowest BCUT2D eigenvalue weighted by Gasteiger charge is -2.30. The van der Waals surface area contributed by atoms with Gasteiger partial charge in [0.1, 0.15) is 21.6 Å². The molecule has 2 fully saturated rings. The monoisotopic (exact) mass is 552 g/mol. The van der Waals surface area contributed by atoms with Crippen LogP contribution in [-0.4, -0.2) is 51.5 Å². The molecule has 7 nitrogen and oxygen atoms in total. The Hall–Kier alpha value is -3.11. The molecule has 3 aliphatic heterocycles. The van der Waals surface area contributed by atoms with Crippen LogP contribution in [0, 0.1) is 5.92 Å². The topological polar surface area (TPSA) is 75.1 Å². The zero-order valence-corrected chi connectivity index (χ0v) is 21.2. The van der Waals surface area contributed by atoms with Gasteiger partial charge in [0.2, 0.25) is 0 Å². The van der Waals surface area contributed by atoms with E-state index in [-0.39, 0.29) is 40.6 Å². The summed E-state index contributed by atoms with van der Waals surface area (Å²) in [6.07, 6.45) is -0.543. The van der Waals surface area contributed by atoms with Crippen LogP contribution in [0.25, 0.3) is 0 Å². The summed E-state index contributed by atoms with van der Waals surface area (Å²) in [5.41, 5.74) is -0.259. The fraction of sp³-hybridized carbons (Fsp3) is 0.360. The predicted octanol–water partition coefficient (Wildman–Crippen LogP) is 5.85. The standard InChI is InChI=1S/C25H21Cl2F3N4O3/c1-14-7-8-23(2,32-14)16-12-24(11-15-3-5-18(6-4-15)37-25(28,29)30)21(35)34(22(36)33(24)13-16)17-9-19(26)31-20(27)10-17/h3-10,16H,11-13H2,1-2H3/t16-,23?,24-/m0/s1. The van der Waals surface area contributed by atoms with Crippen LogP contribution in [-0.2, 0) is 11.2 Å². The summed E-state index contributed by atoms with van der Waals surface area (Å²) in [6, 6.07) is 7.53. The second-order valence-corrected chi connectivity index (χ2v) is 10.4. The molecule has 3 atom stereocenters. The Kier molecular flexibility index (Phi) is 6.03. The number of alkyl halides is 3. The molecule has 0 spiro atoms. The lowest BCUT2D eigenvalue weighted by molar-refractivity contribution is -0.274. The molecule has 0 aliphatic carbocycles. The number of fused-ring (bicyclic) bond motifs is 1. The van der Waals surface area contributed by atoms with Crippen LogP contribution in [0.3, 0.4) is 0 Å². The van der Waals surface area contributed by atoms with Crippen LogP contribution in [0.2, 0.25) is 10.3 Å². The second kappa shape index (κ2) is 8.73. The molecule has 0 bridgehead atoms. The molecule has 1 aromatic carbocycles. The first-order valence-electron chi connectivity index (χ1n) is 11.4. The Balaban J connectivity index is 1.52. The van der Waals surface area contributed by atoms with Crippen molar-refractivity contribution in [3.05, 3.63) is 64.4 Å². The Morgan fingerprint density at radius 3 is 2.35 bits per heavy atom. The van der Waals surface area contributed by atoms with Gasteiger partial charge in [-0.25, -0.2) is 14.7 Å². The number of benzene rings is 1. The smallest absolute Gasteiger partial charge is 0.406 e. The van der Waals surface area contributed by atoms with Crippen LogP contribution in [0.15, 0.2) is 53.5 Å². The average molecular weight is 553 g/mol. The number of aromatic nitrogens is 1. The minimum atomic E-state index is -4.82. The molecular weight excluding hydrogens is 532 g/mol. The molecule has 3 aliphatic rings. The van der Waals surface area contributed by atoms with Crippen LogP contribution < -0.4 is 9.64 Å². The van der Waals surface area contributed by atoms with Crippen molar-refractivity contribution in [3.63, 3.8) is 0 Å². The largest absolute Gasteiger partial charge is 0.573 e. The fourth-order valence-corrected chi connectivity index (χ4v) is 5.87. The van der Waals surface area contributed by atoms with Gasteiger partial charge in [-0.2, -0.15) is 0 Å². The lowest BCUT2D eigenvalue weighted by atomic mass is 9.78. The van der Waals surface area contributed by atoms with E-state index in [1.807, 2.05) is 26.0 Å². The van der Waals surface area contributed by atoms with Crippen molar-refractivity contribution in [1.29, 1.82) is 0 Å². The van der Waals surface area contributed by atoms with E-state index in [4.69, 9.17) is 28.2 Å². The number of pyridine rings is 1. The van der Waals surface area contributed by atoms with Crippen molar-refractivity contribution in [2.75, 3.05) is 11.4 Å². The summed E-state index contributed by atoms with van der Waals surface area (Å²) in [7, 11) is 0. The first-order valence-corrected chi connectivity index (χ1v) is 12.1. The summed E-state index contributed by atoms with van der Waals surface area (Å²) in [4.78, 5) is 38.9. The number of aliphatic imine (C=N–C) groups is 1. The number of rotatable bonds is 5. The molecule has 12 heteroatoms. The van der Waals surface area contributed by atoms with E-state index >= 15 is 0 Å². The number of hydrogen-bond donors (Lipinski definition) is 0. The minimum Gasteiger partial charge on any atom is -0.406 e. The molecule has 1 unspecified atom stereocenters. The number of carbonyl (C=O) groups is 2. The van der Waals surface area contributed by atoms with E-state index in [2.05, 4.69) is 9.72 Å². The van der Waals surface area contributed by atoms with Gasteiger partial charge in [-0.05, 0) is 56.2 Å². The van der Waals surface area contributed by atoms with Crippen LogP contribution in [0.1, 0.15) is 25.8 Å². The number of ether oxygens (including phenoxy) is 1. The lowest BCUT2D eigenvalue weighted by Crippen LogP contribution is -2.47. The second-order valence-electron chi connectivity index (χ2n) is 9.62. The molecule has 37 heavy (non-hydrogen) atoms. The summed E-state index contributed by atoms with van der Waals surface area (Å²) < 4.78 is 41.8. The molecule has 0 saturated carbocycles. The molecule has 5 rings (SSSR count). The van der Waals surface area contributed by atoms with Crippen molar-refractivity contribution in [2.45, 2.75) is 44.1 Å². The van der Waals surface area contributed by atoms with Crippen molar-refractivity contribution < 1.29 is 27.5 Å². The van der Waals surface area contributed by atoms with Gasteiger partial charge in [-0.3, -0.25) is 9.79 Å². The van der Waals surface area contributed by atoms with Gasteiger partial charge in [0, 0.05) is 24.6 Å². The van der Waals surface area contributed by atoms with E-state index in [1.165, 1.54) is 41.3 Å². The third-order valence-electron chi connectivity index (χ3n) is 7.09. The van der Waals surface area contributed by atoms with E-state index in [1.54, 1.807) is 0 Å². The van der Waals surface area contributed by atoms with E-state index in [9.17, 15) is 22.8 Å². The van der Waals surface area contributed by atoms with E-state index < -0.39 is 29.4 Å². The van der Waals surface area contributed by atoms with E-state index in [0.29, 0.717) is 12.0 Å². The number of nitrogens with zero attached hydrogens (tertiary/aromatic N) is 4. The van der Waals surface area contributed by atoms with Crippen molar-refractivity contribution >= 4 is 46.5 Å². The van der Waals surface area contributed by atoms with Gasteiger partial charge in [-0.15, -0.1) is 13.2 Å². The fourth-order valence-electron chi connectivity index (χ4n) is 5.42. The maximum atomic E-state index is 14.1. The first-order chi connectivity index (χ1) is 17.3. The van der Waals surface area contributed by atoms with Gasteiger partial charge < -0.3 is 9.64 Å². The zero-order chi connectivity index (χ0) is 26.8. The van der Waals surface area contributed by atoms with Crippen molar-refractivity contribution in [1.82, 2.24) is 9.88 Å². The number of anilines is 1. The first kappa shape index (κ1) is 25.5. The number of urea groups is 1. The maximum Gasteiger partial charge on any atom is 0.573 e. The predicted molar refractivity (Wildman–Crippen MR) is 132 cm³/mol. The zero-order valence-electron chi connectivity index (χ0n) is 19.7. The van der Waals surface area contributed by atoms with Gasteiger partial charge in [0.05, 0.1) is 11.2 Å². The Labute approximate surface area is 220 Å². The molecule has 4 heterocycles. The normalized spacial score (nSPS) is 27.2. The third kappa shape index (κ3) is 4.57. The average Bonchev–Trinajstić information content (AvgIpc) is 3.40. The van der Waals surface area contributed by atoms with Gasteiger partial charge in [0.15, 0.2) is 0 Å². The highest BCUT2D eigenvalue weighted by molar-refractivity contribution is 6.33. The molecule has 194 valence electrons. The number of hydrogen-bond acceptors (Lipinski definition) is 5. The highest BCUT2D eigenvalue weighted by Gasteiger charge is 2.64. The molecule has 2 saturated heterocycles. The third-order valence-corrected chi connectivity index (χ3v) is 7.48. The number of imide groups is 1. The Morgan fingerprint density at radius 2 is 1.78 bits per heavy atom. The molecule has 1 aromatic heterocycles. The minimum absolute atomic E-state index is 0.0238. The SMILES string of the molecule is CC1=NC(C)([C@@H]2CN3C(=O)N(c4cc(Cl)nc(Cl)c4)C(=O)[C@]3(Cc3ccc(OC(F)(F)F)cc3)C2)C=C1. The van der Waals surface area contributed by atoms with Crippen molar-refractivity contribution in [3.8, 4) is 5.75 Å². The number of halogens is 5. The quantitative estimate of drug-likeness (QED) is 0.344. The molecule has 3 amide bonds. The van der Waals surface area contributed by atoms with Gasteiger partial charge >= 0.3 is 12.4 Å². The van der Waals surface area contributed by atoms with E-state index in [0.717, 1.165) is 10.6 Å². The molecule has 0 N–H and O–H groups in total. The molecule has 2 aromatic rings. The summed E-state index contributed by atoms with van der Waals surface area (Å²) in [6.45, 7) is 4.10. The van der Waals surface area contributed by atoms with Crippen LogP contribution >= 0.6 is 23.2 Å². The highest BCUT2D eigenvalue weighted by atomic mass is 35.5. The number of allylic oxidation sites excluding steroid dienone is 1. The van der Waals surface area contributed by atoms with Crippen LogP contribution in [0.4, 0.5) is 23.7 Å². The maximum absolute atomic E-state index is 14.1. The van der Waals surface area contributed by atoms with Gasteiger partial charge in [0.25, 0.3) is 5.91 Å². The Bertz CT molecular complexity index is 1330. The summed E-state index contributed by atoms with van der Waals surface area (Å²) in [5.74, 6) is -1.01. The highest BCUT2D eigenvalue weighted by Crippen LogP contribution is 2.49. The summed E-state index contributed by atoms with van der Waals surface area (Å²) >= 11 is 12.1. The number of carbonyl (C=O) groups excluding carboxylic acids is 2. The van der Waals surface area contributed by atoms with Crippen LogP contribution in [0.5, 0.6) is 5.75 Å². The Morgan fingerprint density at radius 1 is 1.14 bits per heavy atom. The van der Waals surface area contributed by atoms with Gasteiger partial charge in [-0.1, -0.05) is 41.4 Å².